The van der Waals surface area contributed by atoms with Crippen LogP contribution in [0.15, 0.2) is 64.6 Å². The number of hydrogen-bond acceptors (Lipinski definition) is 3. The Morgan fingerprint density at radius 1 is 1.18 bits per heavy atom. The van der Waals surface area contributed by atoms with E-state index in [1.54, 1.807) is 18.7 Å². The van der Waals surface area contributed by atoms with Gasteiger partial charge >= 0.3 is 0 Å². The van der Waals surface area contributed by atoms with Crippen molar-refractivity contribution in [2.24, 2.45) is 0 Å². The Kier molecular flexibility index (Phi) is 12.1. The second-order valence-corrected chi connectivity index (χ2v) is 7.96. The minimum atomic E-state index is 0.176. The third-order valence-electron chi connectivity index (χ3n) is 4.42. The smallest absolute Gasteiger partial charge is 0.219 e. The summed E-state index contributed by atoms with van der Waals surface area (Å²) in [5.41, 5.74) is 2.52. The van der Waals surface area contributed by atoms with Crippen LogP contribution in [0.3, 0.4) is 0 Å². The van der Waals surface area contributed by atoms with Crippen molar-refractivity contribution in [1.29, 1.82) is 0 Å². The zero-order valence-corrected chi connectivity index (χ0v) is 18.8. The van der Waals surface area contributed by atoms with Crippen molar-refractivity contribution in [3.63, 3.8) is 0 Å². The van der Waals surface area contributed by atoms with E-state index in [-0.39, 0.29) is 5.91 Å². The molecule has 0 saturated heterocycles. The van der Waals surface area contributed by atoms with Gasteiger partial charge in [0, 0.05) is 42.1 Å². The third-order valence-corrected chi connectivity index (χ3v) is 5.53. The second-order valence-electron chi connectivity index (χ2n) is 6.85. The minimum Gasteiger partial charge on any atom is -0.387 e. The van der Waals surface area contributed by atoms with Gasteiger partial charge in [-0.2, -0.15) is 0 Å². The van der Waals surface area contributed by atoms with E-state index in [2.05, 4.69) is 63.0 Å². The first-order valence-electron chi connectivity index (χ1n) is 10.3. The molecule has 0 aliphatic rings. The SMILES string of the molecule is C=C/C=C\C(Sc1ccc(C)cc1)=C(/CC)NCCCCN(CCC)C(C)=O. The number of carbonyl (C=O) groups is 1. The van der Waals surface area contributed by atoms with Crippen LogP contribution in [0.4, 0.5) is 0 Å². The number of hydrogen-bond donors (Lipinski definition) is 1. The fourth-order valence-corrected chi connectivity index (χ4v) is 3.85. The third kappa shape index (κ3) is 9.32. The van der Waals surface area contributed by atoms with Crippen LogP contribution in [0.2, 0.25) is 0 Å². The lowest BCUT2D eigenvalue weighted by Gasteiger charge is -2.20. The van der Waals surface area contributed by atoms with E-state index in [0.29, 0.717) is 0 Å². The van der Waals surface area contributed by atoms with E-state index in [4.69, 9.17) is 0 Å². The monoisotopic (exact) mass is 400 g/mol. The molecule has 0 fully saturated rings. The molecule has 0 heterocycles. The van der Waals surface area contributed by atoms with Crippen LogP contribution in [-0.4, -0.2) is 30.4 Å². The highest BCUT2D eigenvalue weighted by atomic mass is 32.2. The van der Waals surface area contributed by atoms with E-state index < -0.39 is 0 Å². The number of rotatable bonds is 13. The molecule has 1 aromatic rings. The van der Waals surface area contributed by atoms with Crippen LogP contribution in [-0.2, 0) is 4.79 Å². The van der Waals surface area contributed by atoms with Gasteiger partial charge in [-0.1, -0.05) is 62.0 Å². The molecule has 4 heteroatoms. The average molecular weight is 401 g/mol. The van der Waals surface area contributed by atoms with Crippen molar-refractivity contribution >= 4 is 17.7 Å². The van der Waals surface area contributed by atoms with Gasteiger partial charge in [0.05, 0.1) is 0 Å². The van der Waals surface area contributed by atoms with Crippen molar-refractivity contribution in [2.45, 2.75) is 58.3 Å². The van der Waals surface area contributed by atoms with Crippen molar-refractivity contribution in [2.75, 3.05) is 19.6 Å². The quantitative estimate of drug-likeness (QED) is 0.247. The average Bonchev–Trinajstić information content (AvgIpc) is 2.68. The summed E-state index contributed by atoms with van der Waals surface area (Å²) in [6.45, 7) is 14.5. The van der Waals surface area contributed by atoms with E-state index >= 15 is 0 Å². The highest BCUT2D eigenvalue weighted by Gasteiger charge is 2.08. The number of thioether (sulfide) groups is 1. The van der Waals surface area contributed by atoms with Gasteiger partial charge in [-0.05, 0) is 50.8 Å². The van der Waals surface area contributed by atoms with Crippen LogP contribution >= 0.6 is 11.8 Å². The summed E-state index contributed by atoms with van der Waals surface area (Å²) in [6.07, 6.45) is 9.95. The minimum absolute atomic E-state index is 0.176. The Labute approximate surface area is 176 Å². The lowest BCUT2D eigenvalue weighted by atomic mass is 10.2. The lowest BCUT2D eigenvalue weighted by Crippen LogP contribution is -2.30. The maximum absolute atomic E-state index is 11.6. The first-order chi connectivity index (χ1) is 13.5. The first kappa shape index (κ1) is 24.1. The fourth-order valence-electron chi connectivity index (χ4n) is 2.83. The van der Waals surface area contributed by atoms with Crippen LogP contribution in [0.5, 0.6) is 0 Å². The van der Waals surface area contributed by atoms with Gasteiger partial charge in [0.25, 0.3) is 0 Å². The van der Waals surface area contributed by atoms with Crippen LogP contribution in [0.25, 0.3) is 0 Å². The number of nitrogens with one attached hydrogen (secondary N) is 1. The lowest BCUT2D eigenvalue weighted by molar-refractivity contribution is -0.128. The summed E-state index contributed by atoms with van der Waals surface area (Å²) in [7, 11) is 0. The van der Waals surface area contributed by atoms with Gasteiger partial charge in [0.1, 0.15) is 0 Å². The van der Waals surface area contributed by atoms with Crippen molar-refractivity contribution in [3.8, 4) is 0 Å². The Balaban J connectivity index is 2.67. The molecule has 3 nitrogen and oxygen atoms in total. The zero-order chi connectivity index (χ0) is 20.8. The number of carbonyl (C=O) groups excluding carboxylic acids is 1. The molecule has 1 rings (SSSR count). The van der Waals surface area contributed by atoms with Gasteiger partial charge in [-0.3, -0.25) is 4.79 Å². The largest absolute Gasteiger partial charge is 0.387 e. The molecule has 1 amide bonds. The Morgan fingerprint density at radius 2 is 1.89 bits per heavy atom. The van der Waals surface area contributed by atoms with Gasteiger partial charge < -0.3 is 10.2 Å². The summed E-state index contributed by atoms with van der Waals surface area (Å²) >= 11 is 1.78. The number of allylic oxidation sites excluding steroid dienone is 4. The summed E-state index contributed by atoms with van der Waals surface area (Å²) < 4.78 is 0. The zero-order valence-electron chi connectivity index (χ0n) is 18.0. The van der Waals surface area contributed by atoms with E-state index in [9.17, 15) is 4.79 Å². The van der Waals surface area contributed by atoms with Crippen molar-refractivity contribution in [1.82, 2.24) is 10.2 Å². The van der Waals surface area contributed by atoms with E-state index in [0.717, 1.165) is 45.3 Å². The van der Waals surface area contributed by atoms with E-state index in [1.165, 1.54) is 21.1 Å². The summed E-state index contributed by atoms with van der Waals surface area (Å²) in [4.78, 5) is 16.0. The molecule has 154 valence electrons. The fraction of sp³-hybridized carbons (Fsp3) is 0.458. The predicted octanol–water partition coefficient (Wildman–Crippen LogP) is 6.08. The highest BCUT2D eigenvalue weighted by molar-refractivity contribution is 8.03. The van der Waals surface area contributed by atoms with Gasteiger partial charge in [0.2, 0.25) is 5.91 Å². The molecule has 0 saturated carbocycles. The maximum atomic E-state index is 11.6. The number of amides is 1. The molecule has 0 atom stereocenters. The molecule has 0 bridgehead atoms. The molecule has 28 heavy (non-hydrogen) atoms. The van der Waals surface area contributed by atoms with E-state index in [1.807, 2.05) is 17.1 Å². The van der Waals surface area contributed by atoms with Crippen molar-refractivity contribution < 1.29 is 4.79 Å². The molecule has 0 aromatic heterocycles. The summed E-state index contributed by atoms with van der Waals surface area (Å²) in [6, 6.07) is 8.62. The van der Waals surface area contributed by atoms with Gasteiger partial charge in [-0.25, -0.2) is 0 Å². The van der Waals surface area contributed by atoms with Crippen molar-refractivity contribution in [3.05, 3.63) is 65.2 Å². The maximum Gasteiger partial charge on any atom is 0.219 e. The molecule has 1 N–H and O–H groups in total. The number of nitrogens with zero attached hydrogens (tertiary/aromatic N) is 1. The molecule has 0 aliphatic carbocycles. The molecule has 0 unspecified atom stereocenters. The van der Waals surface area contributed by atoms with Crippen LogP contribution in [0.1, 0.15) is 52.0 Å². The molecule has 1 aromatic carbocycles. The Bertz CT molecular complexity index is 662. The van der Waals surface area contributed by atoms with Crippen LogP contribution in [0, 0.1) is 6.92 Å². The molecule has 0 radical (unpaired) electrons. The number of aryl methyl sites for hydroxylation is 1. The van der Waals surface area contributed by atoms with Gasteiger partial charge in [-0.15, -0.1) is 0 Å². The normalized spacial score (nSPS) is 12.0. The topological polar surface area (TPSA) is 32.3 Å². The summed E-state index contributed by atoms with van der Waals surface area (Å²) in [5.74, 6) is 0.176. The predicted molar refractivity (Wildman–Crippen MR) is 123 cm³/mol. The number of unbranched alkanes of at least 4 members (excludes halogenated alkanes) is 1. The molecular formula is C24H36N2OS. The second kappa shape index (κ2) is 14.1. The molecule has 0 spiro atoms. The first-order valence-corrected chi connectivity index (χ1v) is 11.1. The Morgan fingerprint density at radius 3 is 2.46 bits per heavy atom. The molecule has 0 aliphatic heterocycles. The van der Waals surface area contributed by atoms with Crippen LogP contribution < -0.4 is 5.32 Å². The Hall–Kier alpha value is -1.94. The standard InChI is InChI=1S/C24H36N2OS/c1-6-9-12-24(28-22-15-13-20(4)14-16-22)23(8-3)25-17-10-11-19-26(18-7-2)21(5)27/h6,9,12-16,25H,1,7-8,10-11,17-19H2,2-5H3/b12-9-,24-23-. The number of benzene rings is 1. The highest BCUT2D eigenvalue weighted by Crippen LogP contribution is 2.30. The van der Waals surface area contributed by atoms with Gasteiger partial charge in [0.15, 0.2) is 0 Å². The molecular weight excluding hydrogens is 364 g/mol. The summed E-state index contributed by atoms with van der Waals surface area (Å²) in [5, 5.41) is 3.61.